The average Bonchev–Trinajstić information content (AvgIpc) is 2.58. The van der Waals surface area contributed by atoms with Crippen molar-refractivity contribution < 1.29 is 9.59 Å². The molecule has 1 saturated heterocycles. The van der Waals surface area contributed by atoms with Gasteiger partial charge in [-0.2, -0.15) is 0 Å². The molecule has 1 aromatic rings. The molecule has 1 aliphatic rings. The fourth-order valence-electron chi connectivity index (χ4n) is 2.40. The lowest BCUT2D eigenvalue weighted by atomic mass is 9.86. The molecule has 1 atom stereocenters. The number of amides is 2. The summed E-state index contributed by atoms with van der Waals surface area (Å²) in [5.41, 5.74) is 0.546. The lowest BCUT2D eigenvalue weighted by Gasteiger charge is -2.32. The second-order valence-corrected chi connectivity index (χ2v) is 7.19. The normalized spacial score (nSPS) is 20.2. The van der Waals surface area contributed by atoms with Crippen LogP contribution in [0.15, 0.2) is 29.2 Å². The van der Waals surface area contributed by atoms with Gasteiger partial charge in [0, 0.05) is 23.5 Å². The maximum Gasteiger partial charge on any atom is 0.250 e. The van der Waals surface area contributed by atoms with E-state index in [0.29, 0.717) is 13.0 Å². The highest BCUT2D eigenvalue weighted by Crippen LogP contribution is 2.28. The Balaban J connectivity index is 2.37. The minimum Gasteiger partial charge on any atom is -0.344 e. The average molecular weight is 306 g/mol. The van der Waals surface area contributed by atoms with Gasteiger partial charge in [-0.05, 0) is 29.9 Å². The van der Waals surface area contributed by atoms with Gasteiger partial charge in [0.25, 0.3) is 0 Å². The van der Waals surface area contributed by atoms with Crippen LogP contribution >= 0.6 is 11.8 Å². The minimum atomic E-state index is -0.495. The third kappa shape index (κ3) is 3.59. The van der Waals surface area contributed by atoms with Crippen molar-refractivity contribution in [2.24, 2.45) is 5.41 Å². The van der Waals surface area contributed by atoms with Gasteiger partial charge in [0.05, 0.1) is 0 Å². The predicted molar refractivity (Wildman–Crippen MR) is 86.6 cm³/mol. The number of thioether (sulfide) groups is 1. The molecule has 21 heavy (non-hydrogen) atoms. The first-order valence-electron chi connectivity index (χ1n) is 7.08. The molecular weight excluding hydrogens is 284 g/mol. The zero-order chi connectivity index (χ0) is 15.6. The largest absolute Gasteiger partial charge is 0.344 e. The zero-order valence-electron chi connectivity index (χ0n) is 13.0. The SMILES string of the molecule is CSc1cccc(N2CCC(=O)NC(C(C)(C)C)C2=O)c1. The number of anilines is 1. The number of rotatable bonds is 2. The molecule has 4 nitrogen and oxygen atoms in total. The van der Waals surface area contributed by atoms with Crippen molar-refractivity contribution in [2.75, 3.05) is 17.7 Å². The molecule has 114 valence electrons. The summed E-state index contributed by atoms with van der Waals surface area (Å²) in [7, 11) is 0. The number of nitrogens with one attached hydrogen (secondary N) is 1. The monoisotopic (exact) mass is 306 g/mol. The molecule has 1 unspecified atom stereocenters. The Bertz CT molecular complexity index is 551. The fraction of sp³-hybridized carbons (Fsp3) is 0.500. The van der Waals surface area contributed by atoms with Gasteiger partial charge in [0.15, 0.2) is 0 Å². The Morgan fingerprint density at radius 3 is 2.62 bits per heavy atom. The van der Waals surface area contributed by atoms with Crippen LogP contribution in [0.5, 0.6) is 0 Å². The molecule has 1 aromatic carbocycles. The third-order valence-electron chi connectivity index (χ3n) is 3.61. The molecule has 0 aliphatic carbocycles. The smallest absolute Gasteiger partial charge is 0.250 e. The number of hydrogen-bond donors (Lipinski definition) is 1. The van der Waals surface area contributed by atoms with Gasteiger partial charge in [-0.1, -0.05) is 26.8 Å². The number of benzene rings is 1. The van der Waals surface area contributed by atoms with Crippen LogP contribution in [-0.4, -0.2) is 30.7 Å². The van der Waals surface area contributed by atoms with Crippen LogP contribution in [0, 0.1) is 5.41 Å². The summed E-state index contributed by atoms with van der Waals surface area (Å²) in [5, 5.41) is 2.86. The first-order valence-corrected chi connectivity index (χ1v) is 8.30. The second-order valence-electron chi connectivity index (χ2n) is 6.31. The van der Waals surface area contributed by atoms with E-state index >= 15 is 0 Å². The van der Waals surface area contributed by atoms with Gasteiger partial charge >= 0.3 is 0 Å². The van der Waals surface area contributed by atoms with E-state index in [9.17, 15) is 9.59 Å². The Kier molecular flexibility index (Phi) is 4.61. The van der Waals surface area contributed by atoms with E-state index in [-0.39, 0.29) is 17.2 Å². The van der Waals surface area contributed by atoms with Crippen molar-refractivity contribution in [3.05, 3.63) is 24.3 Å². The summed E-state index contributed by atoms with van der Waals surface area (Å²) in [5.74, 6) is -0.0987. The number of carbonyl (C=O) groups is 2. The van der Waals surface area contributed by atoms with Gasteiger partial charge in [-0.25, -0.2) is 0 Å². The summed E-state index contributed by atoms with van der Waals surface area (Å²) in [6.07, 6.45) is 2.34. The molecule has 0 spiro atoms. The van der Waals surface area contributed by atoms with E-state index in [1.165, 1.54) is 0 Å². The molecule has 5 heteroatoms. The molecule has 1 heterocycles. The number of hydrogen-bond acceptors (Lipinski definition) is 3. The maximum atomic E-state index is 12.8. The molecule has 0 saturated carbocycles. The Morgan fingerprint density at radius 1 is 1.29 bits per heavy atom. The standard InChI is InChI=1S/C16H22N2O2S/c1-16(2,3)14-15(20)18(9-8-13(19)17-14)11-6-5-7-12(10-11)21-4/h5-7,10,14H,8-9H2,1-4H3,(H,17,19). The topological polar surface area (TPSA) is 49.4 Å². The number of carbonyl (C=O) groups excluding carboxylic acids is 2. The van der Waals surface area contributed by atoms with Crippen LogP contribution in [0.4, 0.5) is 5.69 Å². The first-order chi connectivity index (χ1) is 9.82. The van der Waals surface area contributed by atoms with E-state index in [2.05, 4.69) is 5.32 Å². The highest BCUT2D eigenvalue weighted by Gasteiger charge is 2.38. The van der Waals surface area contributed by atoms with Gasteiger partial charge in [0.1, 0.15) is 6.04 Å². The van der Waals surface area contributed by atoms with Gasteiger partial charge in [-0.15, -0.1) is 11.8 Å². The van der Waals surface area contributed by atoms with Crippen molar-refractivity contribution in [3.63, 3.8) is 0 Å². The highest BCUT2D eigenvalue weighted by molar-refractivity contribution is 7.98. The van der Waals surface area contributed by atoms with E-state index in [1.807, 2.05) is 51.3 Å². The van der Waals surface area contributed by atoms with E-state index in [1.54, 1.807) is 16.7 Å². The zero-order valence-corrected chi connectivity index (χ0v) is 13.8. The van der Waals surface area contributed by atoms with Crippen molar-refractivity contribution in [3.8, 4) is 0 Å². The number of nitrogens with zero attached hydrogens (tertiary/aromatic N) is 1. The van der Waals surface area contributed by atoms with Crippen molar-refractivity contribution >= 4 is 29.3 Å². The van der Waals surface area contributed by atoms with Crippen molar-refractivity contribution in [1.82, 2.24) is 5.32 Å². The first kappa shape index (κ1) is 15.9. The fourth-order valence-corrected chi connectivity index (χ4v) is 2.85. The lowest BCUT2D eigenvalue weighted by Crippen LogP contribution is -2.52. The summed E-state index contributed by atoms with van der Waals surface area (Å²) in [6.45, 7) is 6.34. The molecule has 0 bridgehead atoms. The van der Waals surface area contributed by atoms with E-state index in [4.69, 9.17) is 0 Å². The van der Waals surface area contributed by atoms with Crippen LogP contribution in [0.1, 0.15) is 27.2 Å². The maximum absolute atomic E-state index is 12.8. The van der Waals surface area contributed by atoms with Gasteiger partial charge in [0.2, 0.25) is 11.8 Å². The molecular formula is C16H22N2O2S. The molecule has 1 N–H and O–H groups in total. The van der Waals surface area contributed by atoms with Gasteiger partial charge in [-0.3, -0.25) is 9.59 Å². The summed E-state index contributed by atoms with van der Waals surface area (Å²) in [6, 6.07) is 7.39. The Morgan fingerprint density at radius 2 is 2.00 bits per heavy atom. The Hall–Kier alpha value is -1.49. The highest BCUT2D eigenvalue weighted by atomic mass is 32.2. The van der Waals surface area contributed by atoms with Crippen LogP contribution in [0.2, 0.25) is 0 Å². The molecule has 1 fully saturated rings. The van der Waals surface area contributed by atoms with Crippen LogP contribution in [0.25, 0.3) is 0 Å². The van der Waals surface area contributed by atoms with Crippen LogP contribution in [0.3, 0.4) is 0 Å². The van der Waals surface area contributed by atoms with Crippen molar-refractivity contribution in [2.45, 2.75) is 38.1 Å². The van der Waals surface area contributed by atoms with E-state index < -0.39 is 6.04 Å². The lowest BCUT2D eigenvalue weighted by molar-refractivity contribution is -0.127. The molecule has 2 amide bonds. The summed E-state index contributed by atoms with van der Waals surface area (Å²) >= 11 is 1.64. The quantitative estimate of drug-likeness (QED) is 0.855. The van der Waals surface area contributed by atoms with Crippen molar-refractivity contribution in [1.29, 1.82) is 0 Å². The molecule has 2 rings (SSSR count). The molecule has 0 aromatic heterocycles. The van der Waals surface area contributed by atoms with E-state index in [0.717, 1.165) is 10.6 Å². The Labute approximate surface area is 130 Å². The molecule has 1 aliphatic heterocycles. The van der Waals surface area contributed by atoms with Gasteiger partial charge < -0.3 is 10.2 Å². The minimum absolute atomic E-state index is 0.0356. The van der Waals surface area contributed by atoms with Crippen LogP contribution in [-0.2, 0) is 9.59 Å². The summed E-state index contributed by atoms with van der Waals surface area (Å²) in [4.78, 5) is 27.6. The predicted octanol–water partition coefficient (Wildman–Crippen LogP) is 2.68. The van der Waals surface area contributed by atoms with Crippen LogP contribution < -0.4 is 10.2 Å². The molecule has 0 radical (unpaired) electrons. The second kappa shape index (κ2) is 6.10. The third-order valence-corrected chi connectivity index (χ3v) is 4.34. The summed E-state index contributed by atoms with van der Waals surface area (Å²) < 4.78 is 0.